The molecule has 0 aromatic heterocycles. The molecule has 1 saturated carbocycles. The molecule has 1 fully saturated rings. The van der Waals surface area contributed by atoms with Gasteiger partial charge < -0.3 is 5.32 Å². The van der Waals surface area contributed by atoms with Crippen LogP contribution in [0.5, 0.6) is 0 Å². The number of hydrogen-bond donors (Lipinski definition) is 1. The fraction of sp³-hybridized carbons (Fsp3) is 0.533. The summed E-state index contributed by atoms with van der Waals surface area (Å²) in [5.74, 6) is -0.242. The van der Waals surface area contributed by atoms with E-state index >= 15 is 0 Å². The Morgan fingerprint density at radius 3 is 2.83 bits per heavy atom. The van der Waals surface area contributed by atoms with Gasteiger partial charge in [0.1, 0.15) is 5.82 Å². The lowest BCUT2D eigenvalue weighted by Crippen LogP contribution is -2.27. The highest BCUT2D eigenvalue weighted by Gasteiger charge is 2.24. The van der Waals surface area contributed by atoms with Gasteiger partial charge in [-0.2, -0.15) is 5.26 Å². The van der Waals surface area contributed by atoms with E-state index in [1.54, 1.807) is 6.07 Å². The summed E-state index contributed by atoms with van der Waals surface area (Å²) >= 11 is 0. The molecule has 3 heteroatoms. The zero-order valence-corrected chi connectivity index (χ0v) is 10.7. The molecule has 0 heterocycles. The van der Waals surface area contributed by atoms with E-state index in [0.717, 1.165) is 31.2 Å². The van der Waals surface area contributed by atoms with Gasteiger partial charge in [-0.1, -0.05) is 25.3 Å². The van der Waals surface area contributed by atoms with Crippen LogP contribution in [0.15, 0.2) is 18.2 Å². The second-order valence-corrected chi connectivity index (χ2v) is 5.11. The van der Waals surface area contributed by atoms with E-state index in [1.807, 2.05) is 13.0 Å². The van der Waals surface area contributed by atoms with Gasteiger partial charge in [0.05, 0.1) is 17.7 Å². The molecule has 0 aliphatic heterocycles. The predicted molar refractivity (Wildman–Crippen MR) is 70.7 cm³/mol. The van der Waals surface area contributed by atoms with Crippen molar-refractivity contribution in [1.82, 2.24) is 0 Å². The van der Waals surface area contributed by atoms with Gasteiger partial charge in [-0.3, -0.25) is 0 Å². The quantitative estimate of drug-likeness (QED) is 0.800. The topological polar surface area (TPSA) is 35.8 Å². The minimum atomic E-state index is -0.235. The minimum absolute atomic E-state index is 0.00703. The Morgan fingerprint density at radius 1 is 1.28 bits per heavy atom. The van der Waals surface area contributed by atoms with E-state index in [9.17, 15) is 9.65 Å². The first kappa shape index (κ1) is 12.9. The second-order valence-electron chi connectivity index (χ2n) is 5.11. The fourth-order valence-electron chi connectivity index (χ4n) is 2.58. The van der Waals surface area contributed by atoms with Crippen LogP contribution < -0.4 is 5.32 Å². The lowest BCUT2D eigenvalue weighted by molar-refractivity contribution is 0.510. The molecule has 0 bridgehead atoms. The highest BCUT2D eigenvalue weighted by Crippen LogP contribution is 2.27. The minimum Gasteiger partial charge on any atom is -0.379 e. The summed E-state index contributed by atoms with van der Waals surface area (Å²) in [6.07, 6.45) is 5.26. The highest BCUT2D eigenvalue weighted by atomic mass is 19.1. The van der Waals surface area contributed by atoms with Crippen molar-refractivity contribution in [1.29, 1.82) is 5.26 Å². The van der Waals surface area contributed by atoms with Gasteiger partial charge in [0.2, 0.25) is 0 Å². The number of anilines is 1. The third kappa shape index (κ3) is 3.01. The molecule has 1 aliphatic rings. The SMILES string of the molecule is Cc1ccc(F)c(NC2CCCCCC2C#N)c1. The molecule has 96 valence electrons. The lowest BCUT2D eigenvalue weighted by atomic mass is 9.96. The van der Waals surface area contributed by atoms with Crippen molar-refractivity contribution in [2.45, 2.75) is 45.1 Å². The molecule has 0 spiro atoms. The summed E-state index contributed by atoms with van der Waals surface area (Å²) < 4.78 is 13.7. The molecule has 2 unspecified atom stereocenters. The van der Waals surface area contributed by atoms with Gasteiger partial charge in [-0.15, -0.1) is 0 Å². The number of rotatable bonds is 2. The molecule has 1 aliphatic carbocycles. The number of nitrogens with one attached hydrogen (secondary N) is 1. The summed E-state index contributed by atoms with van der Waals surface area (Å²) in [6.45, 7) is 1.94. The second kappa shape index (κ2) is 5.86. The highest BCUT2D eigenvalue weighted by molar-refractivity contribution is 5.48. The summed E-state index contributed by atoms with van der Waals surface area (Å²) in [7, 11) is 0. The smallest absolute Gasteiger partial charge is 0.146 e. The zero-order valence-electron chi connectivity index (χ0n) is 10.7. The maximum atomic E-state index is 13.7. The monoisotopic (exact) mass is 246 g/mol. The molecule has 0 saturated heterocycles. The van der Waals surface area contributed by atoms with Gasteiger partial charge in [0.25, 0.3) is 0 Å². The third-order valence-electron chi connectivity index (χ3n) is 3.64. The van der Waals surface area contributed by atoms with Gasteiger partial charge in [-0.05, 0) is 37.5 Å². The van der Waals surface area contributed by atoms with Crippen molar-refractivity contribution in [2.24, 2.45) is 5.92 Å². The number of hydrogen-bond acceptors (Lipinski definition) is 2. The van der Waals surface area contributed by atoms with Crippen LogP contribution in [-0.4, -0.2) is 6.04 Å². The van der Waals surface area contributed by atoms with Crippen LogP contribution in [-0.2, 0) is 0 Å². The van der Waals surface area contributed by atoms with E-state index in [1.165, 1.54) is 12.5 Å². The van der Waals surface area contributed by atoms with Gasteiger partial charge in [-0.25, -0.2) is 4.39 Å². The molecule has 1 aromatic carbocycles. The number of nitriles is 1. The average molecular weight is 246 g/mol. The number of nitrogens with zero attached hydrogens (tertiary/aromatic N) is 1. The Bertz CT molecular complexity index is 450. The van der Waals surface area contributed by atoms with Crippen LogP contribution in [0, 0.1) is 30.0 Å². The summed E-state index contributed by atoms with van der Waals surface area (Å²) in [5.41, 5.74) is 1.56. The van der Waals surface area contributed by atoms with E-state index in [0.29, 0.717) is 5.69 Å². The molecule has 0 amide bonds. The Kier molecular flexibility index (Phi) is 4.19. The predicted octanol–water partition coefficient (Wildman–Crippen LogP) is 4.02. The summed E-state index contributed by atoms with van der Waals surface area (Å²) in [5, 5.41) is 12.4. The van der Waals surface area contributed by atoms with E-state index in [4.69, 9.17) is 0 Å². The van der Waals surface area contributed by atoms with Crippen molar-refractivity contribution in [3.8, 4) is 6.07 Å². The van der Waals surface area contributed by atoms with Crippen LogP contribution in [0.4, 0.5) is 10.1 Å². The van der Waals surface area contributed by atoms with Gasteiger partial charge in [0.15, 0.2) is 0 Å². The molecule has 18 heavy (non-hydrogen) atoms. The van der Waals surface area contributed by atoms with Crippen molar-refractivity contribution in [3.05, 3.63) is 29.6 Å². The van der Waals surface area contributed by atoms with Crippen LogP contribution >= 0.6 is 0 Å². The van der Waals surface area contributed by atoms with Crippen LogP contribution in [0.2, 0.25) is 0 Å². The largest absolute Gasteiger partial charge is 0.379 e. The molecule has 1 N–H and O–H groups in total. The van der Waals surface area contributed by atoms with Crippen molar-refractivity contribution in [3.63, 3.8) is 0 Å². The van der Waals surface area contributed by atoms with Gasteiger partial charge >= 0.3 is 0 Å². The van der Waals surface area contributed by atoms with E-state index in [2.05, 4.69) is 11.4 Å². The average Bonchev–Trinajstić information content (AvgIpc) is 2.59. The van der Waals surface area contributed by atoms with Crippen molar-refractivity contribution >= 4 is 5.69 Å². The Hall–Kier alpha value is -1.56. The lowest BCUT2D eigenvalue weighted by Gasteiger charge is -2.22. The van der Waals surface area contributed by atoms with Crippen LogP contribution in [0.25, 0.3) is 0 Å². The van der Waals surface area contributed by atoms with Crippen molar-refractivity contribution in [2.75, 3.05) is 5.32 Å². The number of benzene rings is 1. The molecular formula is C15H19FN2. The van der Waals surface area contributed by atoms with Crippen LogP contribution in [0.3, 0.4) is 0 Å². The molecule has 2 atom stereocenters. The van der Waals surface area contributed by atoms with Crippen LogP contribution in [0.1, 0.15) is 37.7 Å². The Balaban J connectivity index is 2.15. The molecule has 2 nitrogen and oxygen atoms in total. The third-order valence-corrected chi connectivity index (χ3v) is 3.64. The Morgan fingerprint density at radius 2 is 2.06 bits per heavy atom. The maximum absolute atomic E-state index is 13.7. The fourth-order valence-corrected chi connectivity index (χ4v) is 2.58. The zero-order chi connectivity index (χ0) is 13.0. The number of halogens is 1. The number of aryl methyl sites for hydroxylation is 1. The molecule has 2 rings (SSSR count). The normalized spacial score (nSPS) is 24.1. The first-order chi connectivity index (χ1) is 8.70. The first-order valence-electron chi connectivity index (χ1n) is 6.63. The summed E-state index contributed by atoms with van der Waals surface area (Å²) in [4.78, 5) is 0. The summed E-state index contributed by atoms with van der Waals surface area (Å²) in [6, 6.07) is 7.50. The van der Waals surface area contributed by atoms with E-state index in [-0.39, 0.29) is 17.8 Å². The van der Waals surface area contributed by atoms with E-state index < -0.39 is 0 Å². The maximum Gasteiger partial charge on any atom is 0.146 e. The first-order valence-corrected chi connectivity index (χ1v) is 6.63. The molecule has 0 radical (unpaired) electrons. The van der Waals surface area contributed by atoms with Gasteiger partial charge in [0, 0.05) is 6.04 Å². The standard InChI is InChI=1S/C15H19FN2/c1-11-7-8-13(16)15(9-11)18-14-6-4-2-3-5-12(14)10-17/h7-9,12,14,18H,2-6H2,1H3. The molecule has 1 aromatic rings. The van der Waals surface area contributed by atoms with Crippen molar-refractivity contribution < 1.29 is 4.39 Å². The Labute approximate surface area is 108 Å². The molecular weight excluding hydrogens is 227 g/mol.